The average molecular weight is 252 g/mol. The van der Waals surface area contributed by atoms with Crippen LogP contribution in [0.1, 0.15) is 32.4 Å². The van der Waals surface area contributed by atoms with Crippen LogP contribution in [0.3, 0.4) is 0 Å². The Morgan fingerprint density at radius 2 is 2.33 bits per heavy atom. The molecule has 0 bridgehead atoms. The first-order valence-corrected chi connectivity index (χ1v) is 6.75. The molecule has 0 aromatic carbocycles. The molecule has 0 radical (unpaired) electrons. The quantitative estimate of drug-likeness (QED) is 0.869. The monoisotopic (exact) mass is 252 g/mol. The molecule has 0 aliphatic carbocycles. The van der Waals surface area contributed by atoms with Crippen molar-refractivity contribution in [2.75, 3.05) is 19.7 Å². The second kappa shape index (κ2) is 5.82. The molecule has 3 atom stereocenters. The number of aromatic nitrogens is 2. The van der Waals surface area contributed by atoms with Crippen molar-refractivity contribution < 1.29 is 4.74 Å². The molecule has 0 saturated carbocycles. The molecule has 1 aliphatic rings. The maximum Gasteiger partial charge on any atom is 0.0850 e. The average Bonchev–Trinajstić information content (AvgIpc) is 2.86. The van der Waals surface area contributed by atoms with Gasteiger partial charge in [-0.3, -0.25) is 9.58 Å². The van der Waals surface area contributed by atoms with Crippen LogP contribution in [-0.4, -0.2) is 46.5 Å². The maximum absolute atomic E-state index is 5.93. The molecule has 1 aliphatic heterocycles. The molecule has 2 heterocycles. The Labute approximate surface area is 109 Å². The fourth-order valence-electron chi connectivity index (χ4n) is 2.35. The number of aryl methyl sites for hydroxylation is 1. The summed E-state index contributed by atoms with van der Waals surface area (Å²) in [5, 5.41) is 4.34. The van der Waals surface area contributed by atoms with Gasteiger partial charge in [-0.15, -0.1) is 0 Å². The van der Waals surface area contributed by atoms with Crippen molar-refractivity contribution in [1.29, 1.82) is 0 Å². The zero-order valence-electron chi connectivity index (χ0n) is 11.5. The molecule has 0 amide bonds. The fraction of sp³-hybridized carbons (Fsp3) is 0.769. The van der Waals surface area contributed by atoms with Crippen molar-refractivity contribution in [1.82, 2.24) is 14.7 Å². The molecular formula is C13H24N4O. The third-order valence-electron chi connectivity index (χ3n) is 3.72. The Morgan fingerprint density at radius 1 is 1.56 bits per heavy atom. The fourth-order valence-corrected chi connectivity index (χ4v) is 2.35. The Hall–Kier alpha value is -0.910. The first-order chi connectivity index (χ1) is 8.61. The second-order valence-corrected chi connectivity index (χ2v) is 5.07. The van der Waals surface area contributed by atoms with Gasteiger partial charge in [0, 0.05) is 43.5 Å². The molecule has 1 fully saturated rings. The maximum atomic E-state index is 5.93. The van der Waals surface area contributed by atoms with E-state index in [0.717, 1.165) is 26.2 Å². The van der Waals surface area contributed by atoms with Crippen LogP contribution in [0, 0.1) is 0 Å². The lowest BCUT2D eigenvalue weighted by molar-refractivity contribution is -0.0498. The van der Waals surface area contributed by atoms with Crippen LogP contribution in [-0.2, 0) is 11.3 Å². The molecule has 2 rings (SSSR count). The lowest BCUT2D eigenvalue weighted by Crippen LogP contribution is -2.50. The van der Waals surface area contributed by atoms with Crippen molar-refractivity contribution in [2.24, 2.45) is 5.73 Å². The van der Waals surface area contributed by atoms with Crippen LogP contribution >= 0.6 is 0 Å². The van der Waals surface area contributed by atoms with Gasteiger partial charge in [0.25, 0.3) is 0 Å². The van der Waals surface area contributed by atoms with Gasteiger partial charge in [-0.25, -0.2) is 0 Å². The number of ether oxygens (including phenoxy) is 1. The molecule has 18 heavy (non-hydrogen) atoms. The van der Waals surface area contributed by atoms with Gasteiger partial charge in [0.1, 0.15) is 0 Å². The summed E-state index contributed by atoms with van der Waals surface area (Å²) in [6, 6.07) is 0.453. The van der Waals surface area contributed by atoms with E-state index >= 15 is 0 Å². The molecule has 1 saturated heterocycles. The lowest BCUT2D eigenvalue weighted by atomic mass is 10.1. The summed E-state index contributed by atoms with van der Waals surface area (Å²) < 4.78 is 7.66. The van der Waals surface area contributed by atoms with Gasteiger partial charge in [-0.2, -0.15) is 5.10 Å². The molecule has 102 valence electrons. The Balaban J connectivity index is 2.01. The minimum Gasteiger partial charge on any atom is -0.374 e. The molecule has 1 aromatic heterocycles. The van der Waals surface area contributed by atoms with Gasteiger partial charge in [-0.1, -0.05) is 0 Å². The summed E-state index contributed by atoms with van der Waals surface area (Å²) in [4.78, 5) is 2.43. The van der Waals surface area contributed by atoms with E-state index < -0.39 is 0 Å². The first-order valence-electron chi connectivity index (χ1n) is 6.75. The van der Waals surface area contributed by atoms with E-state index in [-0.39, 0.29) is 12.1 Å². The van der Waals surface area contributed by atoms with E-state index in [9.17, 15) is 0 Å². The highest BCUT2D eigenvalue weighted by molar-refractivity contribution is 5.10. The van der Waals surface area contributed by atoms with Crippen molar-refractivity contribution in [3.63, 3.8) is 0 Å². The number of nitrogens with two attached hydrogens (primary N) is 1. The van der Waals surface area contributed by atoms with Gasteiger partial charge < -0.3 is 10.5 Å². The smallest absolute Gasteiger partial charge is 0.0850 e. The SMILES string of the molecule is CCn1cc(C(C)N2CCOC(C(C)N)C2)cn1. The summed E-state index contributed by atoms with van der Waals surface area (Å²) in [5.41, 5.74) is 7.19. The summed E-state index contributed by atoms with van der Waals surface area (Å²) in [6.45, 7) is 9.87. The number of hydrogen-bond acceptors (Lipinski definition) is 4. The highest BCUT2D eigenvalue weighted by Crippen LogP contribution is 2.22. The van der Waals surface area contributed by atoms with Crippen LogP contribution in [0.5, 0.6) is 0 Å². The van der Waals surface area contributed by atoms with Crippen LogP contribution in [0.25, 0.3) is 0 Å². The molecule has 5 nitrogen and oxygen atoms in total. The lowest BCUT2D eigenvalue weighted by Gasteiger charge is -2.37. The van der Waals surface area contributed by atoms with Crippen molar-refractivity contribution >= 4 is 0 Å². The standard InChI is InChI=1S/C13H24N4O/c1-4-17-8-12(7-15-17)11(3)16-5-6-18-13(9-16)10(2)14/h7-8,10-11,13H,4-6,9,14H2,1-3H3. The van der Waals surface area contributed by atoms with E-state index in [1.54, 1.807) is 0 Å². The molecule has 2 N–H and O–H groups in total. The van der Waals surface area contributed by atoms with Crippen molar-refractivity contribution in [2.45, 2.75) is 45.5 Å². The van der Waals surface area contributed by atoms with Crippen LogP contribution in [0.15, 0.2) is 12.4 Å². The van der Waals surface area contributed by atoms with Gasteiger partial charge in [0.2, 0.25) is 0 Å². The van der Waals surface area contributed by atoms with E-state index in [1.807, 2.05) is 17.8 Å². The van der Waals surface area contributed by atoms with Crippen LogP contribution in [0.4, 0.5) is 0 Å². The summed E-state index contributed by atoms with van der Waals surface area (Å²) >= 11 is 0. The third-order valence-corrected chi connectivity index (χ3v) is 3.72. The molecule has 0 spiro atoms. The van der Waals surface area contributed by atoms with Gasteiger partial charge in [0.05, 0.1) is 18.9 Å². The highest BCUT2D eigenvalue weighted by Gasteiger charge is 2.27. The number of morpholine rings is 1. The topological polar surface area (TPSA) is 56.3 Å². The van der Waals surface area contributed by atoms with Crippen LogP contribution < -0.4 is 5.73 Å². The minimum absolute atomic E-state index is 0.0818. The normalized spacial score (nSPS) is 25.0. The van der Waals surface area contributed by atoms with Gasteiger partial charge in [-0.05, 0) is 20.8 Å². The molecular weight excluding hydrogens is 228 g/mol. The Bertz CT molecular complexity index is 377. The van der Waals surface area contributed by atoms with E-state index in [2.05, 4.69) is 30.0 Å². The number of nitrogens with zero attached hydrogens (tertiary/aromatic N) is 3. The van der Waals surface area contributed by atoms with E-state index in [1.165, 1.54) is 5.56 Å². The van der Waals surface area contributed by atoms with Gasteiger partial charge >= 0.3 is 0 Å². The summed E-state index contributed by atoms with van der Waals surface area (Å²) in [5.74, 6) is 0. The Morgan fingerprint density at radius 3 is 2.94 bits per heavy atom. The van der Waals surface area contributed by atoms with E-state index in [0.29, 0.717) is 6.04 Å². The van der Waals surface area contributed by atoms with Gasteiger partial charge in [0.15, 0.2) is 0 Å². The highest BCUT2D eigenvalue weighted by atomic mass is 16.5. The van der Waals surface area contributed by atoms with Crippen molar-refractivity contribution in [3.8, 4) is 0 Å². The minimum atomic E-state index is 0.0818. The largest absolute Gasteiger partial charge is 0.374 e. The number of rotatable bonds is 4. The zero-order valence-corrected chi connectivity index (χ0v) is 11.5. The number of hydrogen-bond donors (Lipinski definition) is 1. The second-order valence-electron chi connectivity index (χ2n) is 5.07. The summed E-state index contributed by atoms with van der Waals surface area (Å²) in [6.07, 6.45) is 4.23. The molecule has 5 heteroatoms. The molecule has 3 unspecified atom stereocenters. The van der Waals surface area contributed by atoms with E-state index in [4.69, 9.17) is 10.5 Å². The Kier molecular flexibility index (Phi) is 4.37. The third kappa shape index (κ3) is 2.91. The zero-order chi connectivity index (χ0) is 13.1. The first kappa shape index (κ1) is 13.5. The molecule has 1 aromatic rings. The summed E-state index contributed by atoms with van der Waals surface area (Å²) in [7, 11) is 0. The predicted molar refractivity (Wildman–Crippen MR) is 71.3 cm³/mol. The predicted octanol–water partition coefficient (Wildman–Crippen LogP) is 1.01. The van der Waals surface area contributed by atoms with Crippen LogP contribution in [0.2, 0.25) is 0 Å². The van der Waals surface area contributed by atoms with Crippen molar-refractivity contribution in [3.05, 3.63) is 18.0 Å².